The van der Waals surface area contributed by atoms with Crippen LogP contribution in [0, 0.1) is 0 Å². The first-order chi connectivity index (χ1) is 8.00. The molecule has 0 aliphatic rings. The number of carbonyl (C=O) groups is 1. The van der Waals surface area contributed by atoms with Crippen LogP contribution in [0.3, 0.4) is 0 Å². The highest BCUT2D eigenvalue weighted by Gasteiger charge is 2.20. The van der Waals surface area contributed by atoms with Crippen molar-refractivity contribution in [3.8, 4) is 0 Å². The normalized spacial score (nSPS) is 11.3. The molecule has 0 amide bonds. The van der Waals surface area contributed by atoms with Gasteiger partial charge in [0.15, 0.2) is 5.69 Å². The number of nitrogens with zero attached hydrogens (tertiary/aromatic N) is 1. The van der Waals surface area contributed by atoms with Gasteiger partial charge in [0, 0.05) is 11.3 Å². The number of rotatable bonds is 6. The Labute approximate surface area is 110 Å². The van der Waals surface area contributed by atoms with Crippen molar-refractivity contribution in [2.45, 2.75) is 25.5 Å². The molecule has 0 aliphatic heterocycles. The van der Waals surface area contributed by atoms with Crippen LogP contribution in [0.25, 0.3) is 0 Å². The molecule has 6 heteroatoms. The molecule has 0 aromatic carbocycles. The number of anilines is 1. The molecule has 0 fully saturated rings. The Balaban J connectivity index is 2.66. The van der Waals surface area contributed by atoms with Crippen molar-refractivity contribution < 1.29 is 9.53 Å². The molecule has 0 aliphatic carbocycles. The fourth-order valence-corrected chi connectivity index (χ4v) is 1.96. The summed E-state index contributed by atoms with van der Waals surface area (Å²) >= 11 is 3.20. The Bertz CT molecular complexity index is 377. The number of thioether (sulfide) groups is 1. The first-order valence-electron chi connectivity index (χ1n) is 5.40. The maximum absolute atomic E-state index is 11.6. The van der Waals surface area contributed by atoms with Gasteiger partial charge >= 0.3 is 5.97 Å². The summed E-state index contributed by atoms with van der Waals surface area (Å²) in [5.74, 6) is -0.363. The van der Waals surface area contributed by atoms with Crippen molar-refractivity contribution in [1.82, 2.24) is 4.98 Å². The van der Waals surface area contributed by atoms with Crippen molar-refractivity contribution in [2.75, 3.05) is 24.7 Å². The molecule has 0 bridgehead atoms. The van der Waals surface area contributed by atoms with Crippen LogP contribution in [0.4, 0.5) is 5.00 Å². The third-order valence-electron chi connectivity index (χ3n) is 2.26. The minimum Gasteiger partial charge on any atom is -0.461 e. The molecule has 0 unspecified atom stereocenters. The van der Waals surface area contributed by atoms with Crippen molar-refractivity contribution in [3.05, 3.63) is 11.2 Å². The van der Waals surface area contributed by atoms with Crippen LogP contribution in [0.15, 0.2) is 5.51 Å². The van der Waals surface area contributed by atoms with Gasteiger partial charge < -0.3 is 10.1 Å². The quantitative estimate of drug-likeness (QED) is 0.808. The lowest BCUT2D eigenvalue weighted by molar-refractivity contribution is 0.0521. The van der Waals surface area contributed by atoms with Gasteiger partial charge in [-0.25, -0.2) is 9.78 Å². The fraction of sp³-hybridized carbons (Fsp3) is 0.636. The average molecular weight is 274 g/mol. The Hall–Kier alpha value is -0.750. The van der Waals surface area contributed by atoms with Gasteiger partial charge in [-0.2, -0.15) is 11.8 Å². The first kappa shape index (κ1) is 14.3. The topological polar surface area (TPSA) is 51.2 Å². The molecule has 0 radical (unpaired) electrons. The summed E-state index contributed by atoms with van der Waals surface area (Å²) in [6.07, 6.45) is 2.07. The molecule has 0 saturated carbocycles. The van der Waals surface area contributed by atoms with Crippen molar-refractivity contribution in [2.24, 2.45) is 0 Å². The van der Waals surface area contributed by atoms with Gasteiger partial charge in [-0.05, 0) is 27.0 Å². The zero-order valence-corrected chi connectivity index (χ0v) is 12.2. The van der Waals surface area contributed by atoms with Gasteiger partial charge in [-0.1, -0.05) is 0 Å². The Morgan fingerprint density at radius 3 is 2.94 bits per heavy atom. The van der Waals surface area contributed by atoms with Gasteiger partial charge in [0.2, 0.25) is 0 Å². The minimum absolute atomic E-state index is 0.121. The number of aromatic nitrogens is 1. The highest BCUT2D eigenvalue weighted by molar-refractivity contribution is 7.99. The Kier molecular flexibility index (Phi) is 5.27. The maximum atomic E-state index is 11.6. The van der Waals surface area contributed by atoms with Crippen LogP contribution in [0.1, 0.15) is 31.3 Å². The Morgan fingerprint density at radius 2 is 2.35 bits per heavy atom. The number of hydrogen-bond acceptors (Lipinski definition) is 6. The zero-order chi connectivity index (χ0) is 12.9. The molecule has 96 valence electrons. The van der Waals surface area contributed by atoms with Gasteiger partial charge in [0.05, 0.1) is 12.1 Å². The lowest BCUT2D eigenvalue weighted by Gasteiger charge is -2.22. The van der Waals surface area contributed by atoms with Crippen LogP contribution < -0.4 is 5.32 Å². The van der Waals surface area contributed by atoms with E-state index in [1.807, 2.05) is 0 Å². The molecule has 4 nitrogen and oxygen atoms in total. The molecule has 0 spiro atoms. The molecule has 1 N–H and O–H groups in total. The third kappa shape index (κ3) is 4.20. The maximum Gasteiger partial charge on any atom is 0.360 e. The molecule has 1 heterocycles. The highest BCUT2D eigenvalue weighted by Crippen LogP contribution is 2.25. The fourth-order valence-electron chi connectivity index (χ4n) is 1.08. The number of esters is 1. The second-order valence-electron chi connectivity index (χ2n) is 4.07. The summed E-state index contributed by atoms with van der Waals surface area (Å²) in [5.41, 5.74) is 2.04. The first-order valence-corrected chi connectivity index (χ1v) is 7.50. The van der Waals surface area contributed by atoms with Crippen molar-refractivity contribution >= 4 is 34.1 Å². The number of nitrogens with one attached hydrogen (secondary N) is 1. The summed E-state index contributed by atoms with van der Waals surface area (Å²) in [6, 6.07) is 0. The zero-order valence-electron chi connectivity index (χ0n) is 10.6. The summed E-state index contributed by atoms with van der Waals surface area (Å²) in [5, 5.41) is 4.04. The number of thiazole rings is 1. The van der Waals surface area contributed by atoms with E-state index in [4.69, 9.17) is 4.74 Å². The summed E-state index contributed by atoms with van der Waals surface area (Å²) in [7, 11) is 0. The van der Waals surface area contributed by atoms with Crippen LogP contribution in [0.2, 0.25) is 0 Å². The highest BCUT2D eigenvalue weighted by atomic mass is 32.2. The SMILES string of the molecule is CCOC(=O)c1ncsc1NCC(C)(C)SC. The second-order valence-corrected chi connectivity index (χ2v) is 6.44. The van der Waals surface area contributed by atoms with E-state index < -0.39 is 0 Å². The standard InChI is InChI=1S/C11H18N2O2S2/c1-5-15-10(14)8-9(17-7-13-8)12-6-11(2,3)16-4/h7,12H,5-6H2,1-4H3. The summed E-state index contributed by atoms with van der Waals surface area (Å²) in [6.45, 7) is 7.23. The monoisotopic (exact) mass is 274 g/mol. The molecule has 1 rings (SSSR count). The lowest BCUT2D eigenvalue weighted by atomic mass is 10.2. The van der Waals surface area contributed by atoms with E-state index >= 15 is 0 Å². The van der Waals surface area contributed by atoms with Crippen LogP contribution in [0.5, 0.6) is 0 Å². The molecule has 0 atom stereocenters. The van der Waals surface area contributed by atoms with Crippen LogP contribution >= 0.6 is 23.1 Å². The third-order valence-corrected chi connectivity index (χ3v) is 4.30. The number of hydrogen-bond donors (Lipinski definition) is 1. The van der Waals surface area contributed by atoms with E-state index in [0.29, 0.717) is 12.3 Å². The van der Waals surface area contributed by atoms with E-state index in [-0.39, 0.29) is 10.7 Å². The number of ether oxygens (including phenoxy) is 1. The van der Waals surface area contributed by atoms with E-state index in [0.717, 1.165) is 11.5 Å². The largest absolute Gasteiger partial charge is 0.461 e. The molecule has 1 aromatic heterocycles. The number of carbonyl (C=O) groups excluding carboxylic acids is 1. The molecule has 1 aromatic rings. The predicted octanol–water partition coefficient (Wildman–Crippen LogP) is 2.87. The summed E-state index contributed by atoms with van der Waals surface area (Å²) in [4.78, 5) is 15.6. The molecular formula is C11H18N2O2S2. The van der Waals surface area contributed by atoms with Gasteiger partial charge in [-0.3, -0.25) is 0 Å². The van der Waals surface area contributed by atoms with E-state index in [1.165, 1.54) is 11.3 Å². The van der Waals surface area contributed by atoms with Gasteiger partial charge in [0.25, 0.3) is 0 Å². The lowest BCUT2D eigenvalue weighted by Crippen LogP contribution is -2.26. The van der Waals surface area contributed by atoms with E-state index in [2.05, 4.69) is 30.4 Å². The average Bonchev–Trinajstić information content (AvgIpc) is 2.75. The van der Waals surface area contributed by atoms with Crippen molar-refractivity contribution in [3.63, 3.8) is 0 Å². The van der Waals surface area contributed by atoms with E-state index in [1.54, 1.807) is 24.2 Å². The van der Waals surface area contributed by atoms with Gasteiger partial charge in [-0.15, -0.1) is 11.3 Å². The molecule has 0 saturated heterocycles. The second kappa shape index (κ2) is 6.26. The smallest absolute Gasteiger partial charge is 0.360 e. The minimum atomic E-state index is -0.363. The van der Waals surface area contributed by atoms with Crippen LogP contribution in [-0.4, -0.2) is 35.1 Å². The Morgan fingerprint density at radius 1 is 1.65 bits per heavy atom. The van der Waals surface area contributed by atoms with E-state index in [9.17, 15) is 4.79 Å². The summed E-state index contributed by atoms with van der Waals surface area (Å²) < 4.78 is 5.07. The molecule has 17 heavy (non-hydrogen) atoms. The predicted molar refractivity (Wildman–Crippen MR) is 74.2 cm³/mol. The van der Waals surface area contributed by atoms with Gasteiger partial charge in [0.1, 0.15) is 5.00 Å². The van der Waals surface area contributed by atoms with Crippen molar-refractivity contribution in [1.29, 1.82) is 0 Å². The van der Waals surface area contributed by atoms with Crippen LogP contribution in [-0.2, 0) is 4.74 Å². The molecular weight excluding hydrogens is 256 g/mol.